The van der Waals surface area contributed by atoms with Crippen LogP contribution in [0, 0.1) is 0 Å². The number of pyridine rings is 1. The molecule has 0 aliphatic carbocycles. The summed E-state index contributed by atoms with van der Waals surface area (Å²) >= 11 is 1.61. The van der Waals surface area contributed by atoms with E-state index in [0.29, 0.717) is 12.1 Å². The van der Waals surface area contributed by atoms with E-state index in [1.165, 1.54) is 0 Å². The Hall–Kier alpha value is -2.67. The zero-order valence-electron chi connectivity index (χ0n) is 15.1. The van der Waals surface area contributed by atoms with E-state index < -0.39 is 0 Å². The van der Waals surface area contributed by atoms with E-state index in [1.54, 1.807) is 17.5 Å². The van der Waals surface area contributed by atoms with Crippen molar-refractivity contribution < 1.29 is 9.53 Å². The Labute approximate surface area is 154 Å². The van der Waals surface area contributed by atoms with Crippen LogP contribution in [-0.2, 0) is 11.2 Å². The number of aromatic nitrogens is 3. The van der Waals surface area contributed by atoms with Crippen molar-refractivity contribution in [2.24, 2.45) is 0 Å². The summed E-state index contributed by atoms with van der Waals surface area (Å²) in [5.41, 5.74) is 4.12. The van der Waals surface area contributed by atoms with Gasteiger partial charge in [-0.1, -0.05) is 18.3 Å². The SMILES string of the molecule is CCc1c(C(=O)OC(C)C)ncc2[nH]c3ccc4sc(NC)nc4c3c12. The number of H-pyrrole nitrogens is 1. The number of ether oxygens (including phenoxy) is 1. The number of aryl methyl sites for hydroxylation is 1. The van der Waals surface area contributed by atoms with Crippen molar-refractivity contribution in [3.63, 3.8) is 0 Å². The van der Waals surface area contributed by atoms with E-state index in [1.807, 2.05) is 27.8 Å². The summed E-state index contributed by atoms with van der Waals surface area (Å²) in [5.74, 6) is -0.380. The Morgan fingerprint density at radius 1 is 1.31 bits per heavy atom. The third kappa shape index (κ3) is 2.50. The lowest BCUT2D eigenvalue weighted by molar-refractivity contribution is 0.0370. The van der Waals surface area contributed by atoms with Crippen LogP contribution < -0.4 is 5.32 Å². The molecule has 4 aromatic rings. The molecule has 4 rings (SSSR count). The maximum atomic E-state index is 12.5. The Balaban J connectivity index is 2.08. The number of benzene rings is 1. The first-order valence-corrected chi connectivity index (χ1v) is 9.46. The fraction of sp³-hybridized carbons (Fsp3) is 0.316. The van der Waals surface area contributed by atoms with Crippen molar-refractivity contribution >= 4 is 54.5 Å². The van der Waals surface area contributed by atoms with Gasteiger partial charge in [-0.05, 0) is 38.0 Å². The van der Waals surface area contributed by atoms with E-state index in [9.17, 15) is 4.79 Å². The molecule has 3 aromatic heterocycles. The predicted octanol–water partition coefficient (Wildman–Crippen LogP) is 4.50. The van der Waals surface area contributed by atoms with Gasteiger partial charge >= 0.3 is 5.97 Å². The summed E-state index contributed by atoms with van der Waals surface area (Å²) in [6, 6.07) is 4.12. The Morgan fingerprint density at radius 2 is 2.12 bits per heavy atom. The number of rotatable bonds is 4. The molecule has 26 heavy (non-hydrogen) atoms. The van der Waals surface area contributed by atoms with E-state index >= 15 is 0 Å². The highest BCUT2D eigenvalue weighted by Gasteiger charge is 2.21. The Morgan fingerprint density at radius 3 is 2.81 bits per heavy atom. The van der Waals surface area contributed by atoms with E-state index in [4.69, 9.17) is 9.72 Å². The molecule has 0 unspecified atom stereocenters. The first-order valence-electron chi connectivity index (χ1n) is 8.65. The van der Waals surface area contributed by atoms with E-state index in [0.717, 1.165) is 42.7 Å². The van der Waals surface area contributed by atoms with Crippen molar-refractivity contribution in [3.05, 3.63) is 29.6 Å². The van der Waals surface area contributed by atoms with Gasteiger partial charge in [-0.15, -0.1) is 0 Å². The number of esters is 1. The molecule has 0 atom stereocenters. The Kier molecular flexibility index (Phi) is 4.03. The monoisotopic (exact) mass is 368 g/mol. The molecule has 1 aromatic carbocycles. The van der Waals surface area contributed by atoms with Crippen molar-refractivity contribution in [2.75, 3.05) is 12.4 Å². The number of carbonyl (C=O) groups excluding carboxylic acids is 1. The van der Waals surface area contributed by atoms with Gasteiger partial charge in [0.05, 0.1) is 28.0 Å². The summed E-state index contributed by atoms with van der Waals surface area (Å²) in [6.07, 6.45) is 2.21. The van der Waals surface area contributed by atoms with Crippen LogP contribution in [0.15, 0.2) is 18.3 Å². The van der Waals surface area contributed by atoms with Crippen molar-refractivity contribution in [1.29, 1.82) is 0 Å². The van der Waals surface area contributed by atoms with Crippen LogP contribution in [0.3, 0.4) is 0 Å². The summed E-state index contributed by atoms with van der Waals surface area (Å²) in [6.45, 7) is 5.71. The maximum Gasteiger partial charge on any atom is 0.357 e. The molecule has 0 saturated heterocycles. The van der Waals surface area contributed by atoms with Gasteiger partial charge in [-0.2, -0.15) is 0 Å². The molecule has 0 aliphatic heterocycles. The molecule has 0 radical (unpaired) electrons. The van der Waals surface area contributed by atoms with Crippen LogP contribution in [-0.4, -0.2) is 34.1 Å². The average molecular weight is 368 g/mol. The number of hydrogen-bond acceptors (Lipinski definition) is 6. The van der Waals surface area contributed by atoms with Gasteiger partial charge in [0.2, 0.25) is 0 Å². The molecule has 0 bridgehead atoms. The normalized spacial score (nSPS) is 11.7. The molecule has 134 valence electrons. The molecule has 2 N–H and O–H groups in total. The number of hydrogen-bond donors (Lipinski definition) is 2. The first kappa shape index (κ1) is 16.8. The van der Waals surface area contributed by atoms with Crippen LogP contribution in [0.5, 0.6) is 0 Å². The zero-order valence-corrected chi connectivity index (χ0v) is 16.0. The lowest BCUT2D eigenvalue weighted by Crippen LogP contribution is -2.15. The quantitative estimate of drug-likeness (QED) is 0.519. The molecular weight excluding hydrogens is 348 g/mol. The minimum Gasteiger partial charge on any atom is -0.458 e. The van der Waals surface area contributed by atoms with Gasteiger partial charge < -0.3 is 15.0 Å². The molecule has 0 aliphatic rings. The van der Waals surface area contributed by atoms with E-state index in [-0.39, 0.29) is 12.1 Å². The third-order valence-electron chi connectivity index (χ3n) is 4.36. The fourth-order valence-corrected chi connectivity index (χ4v) is 4.15. The molecule has 0 fully saturated rings. The van der Waals surface area contributed by atoms with Gasteiger partial charge in [-0.25, -0.2) is 14.8 Å². The molecule has 0 spiro atoms. The fourth-order valence-electron chi connectivity index (χ4n) is 3.33. The lowest BCUT2D eigenvalue weighted by atomic mass is 10.0. The largest absolute Gasteiger partial charge is 0.458 e. The number of aromatic amines is 1. The van der Waals surface area contributed by atoms with Crippen LogP contribution >= 0.6 is 11.3 Å². The second kappa shape index (κ2) is 6.25. The Bertz CT molecular complexity index is 1140. The topological polar surface area (TPSA) is 79.9 Å². The summed E-state index contributed by atoms with van der Waals surface area (Å²) in [5, 5.41) is 6.02. The molecule has 3 heterocycles. The summed E-state index contributed by atoms with van der Waals surface area (Å²) in [7, 11) is 1.87. The minimum atomic E-state index is -0.380. The van der Waals surface area contributed by atoms with Crippen LogP contribution in [0.1, 0.15) is 36.8 Å². The van der Waals surface area contributed by atoms with Crippen molar-refractivity contribution in [2.45, 2.75) is 33.3 Å². The molecule has 7 heteroatoms. The number of nitrogens with zero attached hydrogens (tertiary/aromatic N) is 2. The van der Waals surface area contributed by atoms with Crippen molar-refractivity contribution in [3.8, 4) is 0 Å². The summed E-state index contributed by atoms with van der Waals surface area (Å²) < 4.78 is 6.49. The number of anilines is 1. The van der Waals surface area contributed by atoms with Crippen molar-refractivity contribution in [1.82, 2.24) is 15.0 Å². The summed E-state index contributed by atoms with van der Waals surface area (Å²) in [4.78, 5) is 25.1. The van der Waals surface area contributed by atoms with Gasteiger partial charge in [0.1, 0.15) is 0 Å². The molecule has 6 nitrogen and oxygen atoms in total. The highest BCUT2D eigenvalue weighted by molar-refractivity contribution is 7.22. The molecular formula is C19H20N4O2S. The first-order chi connectivity index (χ1) is 12.5. The third-order valence-corrected chi connectivity index (χ3v) is 5.40. The van der Waals surface area contributed by atoms with Gasteiger partial charge in [0.25, 0.3) is 0 Å². The second-order valence-corrected chi connectivity index (χ2v) is 7.44. The average Bonchev–Trinajstić information content (AvgIpc) is 3.20. The highest BCUT2D eigenvalue weighted by Crippen LogP contribution is 2.37. The minimum absolute atomic E-state index is 0.184. The van der Waals surface area contributed by atoms with Gasteiger partial charge in [-0.3, -0.25) is 0 Å². The van der Waals surface area contributed by atoms with E-state index in [2.05, 4.69) is 27.4 Å². The smallest absolute Gasteiger partial charge is 0.357 e. The predicted molar refractivity (Wildman–Crippen MR) is 106 cm³/mol. The maximum absolute atomic E-state index is 12.5. The number of nitrogens with one attached hydrogen (secondary N) is 2. The van der Waals surface area contributed by atoms with Crippen LogP contribution in [0.2, 0.25) is 0 Å². The second-order valence-electron chi connectivity index (χ2n) is 6.41. The van der Waals surface area contributed by atoms with Gasteiger partial charge in [0, 0.05) is 23.3 Å². The number of carbonyl (C=O) groups is 1. The van der Waals surface area contributed by atoms with Crippen LogP contribution in [0.4, 0.5) is 5.13 Å². The lowest BCUT2D eigenvalue weighted by Gasteiger charge is -2.11. The van der Waals surface area contributed by atoms with Gasteiger partial charge in [0.15, 0.2) is 10.8 Å². The number of fused-ring (bicyclic) bond motifs is 5. The molecule has 0 amide bonds. The molecule has 0 saturated carbocycles. The number of thiazole rings is 1. The highest BCUT2D eigenvalue weighted by atomic mass is 32.1. The zero-order chi connectivity index (χ0) is 18.4. The standard InChI is InChI=1S/C19H20N4O2S/c1-5-10-14-12(8-21-16(10)18(24)25-9(2)3)22-11-6-7-13-17(15(11)14)23-19(20-4)26-13/h6-9,22H,5H2,1-4H3,(H,20,23). The van der Waals surface area contributed by atoms with Crippen LogP contribution in [0.25, 0.3) is 32.0 Å².